The van der Waals surface area contributed by atoms with Crippen LogP contribution in [-0.2, 0) is 0 Å². The zero-order chi connectivity index (χ0) is 9.73. The first-order chi connectivity index (χ1) is 6.08. The first-order valence-electron chi connectivity index (χ1n) is 4.70. The molecule has 0 saturated carbocycles. The maximum absolute atomic E-state index is 5.42. The lowest BCUT2D eigenvalue weighted by Crippen LogP contribution is -2.07. The zero-order valence-electron chi connectivity index (χ0n) is 8.63. The third-order valence-electron chi connectivity index (χ3n) is 1.80. The number of aromatic amines is 1. The largest absolute Gasteiger partial charge is 0.478 e. The van der Waals surface area contributed by atoms with E-state index in [1.807, 2.05) is 6.07 Å². The minimum absolute atomic E-state index is 0.400. The summed E-state index contributed by atoms with van der Waals surface area (Å²) in [7, 11) is 0. The molecule has 3 nitrogen and oxygen atoms in total. The molecule has 0 saturated heterocycles. The molecule has 0 fully saturated rings. The van der Waals surface area contributed by atoms with Crippen LogP contribution in [0.5, 0.6) is 5.88 Å². The van der Waals surface area contributed by atoms with Gasteiger partial charge in [-0.1, -0.05) is 20.8 Å². The molecule has 0 bridgehead atoms. The summed E-state index contributed by atoms with van der Waals surface area (Å²) < 4.78 is 5.42. The highest BCUT2D eigenvalue weighted by atomic mass is 16.5. The lowest BCUT2D eigenvalue weighted by molar-refractivity contribution is 0.261. The van der Waals surface area contributed by atoms with Crippen molar-refractivity contribution in [3.05, 3.63) is 12.3 Å². The van der Waals surface area contributed by atoms with Crippen LogP contribution >= 0.6 is 0 Å². The van der Waals surface area contributed by atoms with Gasteiger partial charge in [0.1, 0.15) is 0 Å². The predicted molar refractivity (Wildman–Crippen MR) is 52.8 cm³/mol. The summed E-state index contributed by atoms with van der Waals surface area (Å²) >= 11 is 0. The number of hydrogen-bond donors (Lipinski definition) is 1. The van der Waals surface area contributed by atoms with Gasteiger partial charge >= 0.3 is 0 Å². The van der Waals surface area contributed by atoms with E-state index in [-0.39, 0.29) is 0 Å². The zero-order valence-corrected chi connectivity index (χ0v) is 8.63. The highest BCUT2D eigenvalue weighted by Gasteiger charge is 2.09. The Balaban J connectivity index is 2.09. The number of nitrogens with one attached hydrogen (secondary N) is 1. The number of aromatic nitrogens is 2. The van der Waals surface area contributed by atoms with Crippen molar-refractivity contribution < 1.29 is 4.74 Å². The summed E-state index contributed by atoms with van der Waals surface area (Å²) in [4.78, 5) is 0. The van der Waals surface area contributed by atoms with Crippen molar-refractivity contribution in [2.24, 2.45) is 5.41 Å². The molecular weight excluding hydrogens is 164 g/mol. The fraction of sp³-hybridized carbons (Fsp3) is 0.700. The molecule has 0 aliphatic carbocycles. The third-order valence-corrected chi connectivity index (χ3v) is 1.80. The quantitative estimate of drug-likeness (QED) is 0.727. The molecular formula is C10H18N2O. The van der Waals surface area contributed by atoms with E-state index in [9.17, 15) is 0 Å². The van der Waals surface area contributed by atoms with E-state index in [0.29, 0.717) is 5.41 Å². The Morgan fingerprint density at radius 1 is 1.46 bits per heavy atom. The summed E-state index contributed by atoms with van der Waals surface area (Å²) in [5.74, 6) is 0.758. The summed E-state index contributed by atoms with van der Waals surface area (Å²) in [6, 6.07) is 1.83. The van der Waals surface area contributed by atoms with Crippen molar-refractivity contribution >= 4 is 0 Å². The molecule has 13 heavy (non-hydrogen) atoms. The highest BCUT2D eigenvalue weighted by molar-refractivity contribution is 5.03. The Morgan fingerprint density at radius 2 is 2.23 bits per heavy atom. The van der Waals surface area contributed by atoms with Gasteiger partial charge in [-0.05, 0) is 18.3 Å². The lowest BCUT2D eigenvalue weighted by atomic mass is 9.91. The average Bonchev–Trinajstić information content (AvgIpc) is 2.48. The monoisotopic (exact) mass is 182 g/mol. The van der Waals surface area contributed by atoms with Crippen molar-refractivity contribution in [1.82, 2.24) is 10.2 Å². The van der Waals surface area contributed by atoms with Gasteiger partial charge in [0.15, 0.2) is 0 Å². The molecule has 1 rings (SSSR count). The molecule has 1 N–H and O–H groups in total. The molecule has 1 heterocycles. The normalized spacial score (nSPS) is 11.6. The van der Waals surface area contributed by atoms with Crippen LogP contribution in [0.3, 0.4) is 0 Å². The number of H-pyrrole nitrogens is 1. The van der Waals surface area contributed by atoms with E-state index < -0.39 is 0 Å². The maximum atomic E-state index is 5.42. The van der Waals surface area contributed by atoms with E-state index in [0.717, 1.165) is 18.9 Å². The van der Waals surface area contributed by atoms with Gasteiger partial charge < -0.3 is 4.74 Å². The molecule has 3 heteroatoms. The number of nitrogens with zero attached hydrogens (tertiary/aromatic N) is 1. The Labute approximate surface area is 79.5 Å². The van der Waals surface area contributed by atoms with Gasteiger partial charge in [-0.3, -0.25) is 0 Å². The van der Waals surface area contributed by atoms with Gasteiger partial charge in [-0.15, -0.1) is 0 Å². The van der Waals surface area contributed by atoms with E-state index in [1.54, 1.807) is 6.20 Å². The molecule has 0 aliphatic rings. The lowest BCUT2D eigenvalue weighted by Gasteiger charge is -2.17. The van der Waals surface area contributed by atoms with Crippen LogP contribution in [0.2, 0.25) is 0 Å². The Morgan fingerprint density at radius 3 is 2.77 bits per heavy atom. The predicted octanol–water partition coefficient (Wildman–Crippen LogP) is 2.61. The summed E-state index contributed by atoms with van der Waals surface area (Å²) in [5.41, 5.74) is 0.400. The molecule has 0 amide bonds. The summed E-state index contributed by atoms with van der Waals surface area (Å²) in [5, 5.41) is 6.56. The third kappa shape index (κ3) is 4.55. The van der Waals surface area contributed by atoms with Crippen LogP contribution in [0, 0.1) is 5.41 Å². The second kappa shape index (κ2) is 4.30. The van der Waals surface area contributed by atoms with Gasteiger partial charge in [0.2, 0.25) is 5.88 Å². The number of rotatable bonds is 4. The molecule has 1 aromatic rings. The van der Waals surface area contributed by atoms with Crippen molar-refractivity contribution in [2.45, 2.75) is 33.6 Å². The number of ether oxygens (including phenoxy) is 1. The van der Waals surface area contributed by atoms with E-state index in [1.165, 1.54) is 6.42 Å². The summed E-state index contributed by atoms with van der Waals surface area (Å²) in [6.07, 6.45) is 3.96. The molecule has 0 aliphatic heterocycles. The molecule has 0 spiro atoms. The Hall–Kier alpha value is -0.990. The van der Waals surface area contributed by atoms with Crippen LogP contribution < -0.4 is 4.74 Å². The fourth-order valence-corrected chi connectivity index (χ4v) is 1.11. The summed E-state index contributed by atoms with van der Waals surface area (Å²) in [6.45, 7) is 7.48. The standard InChI is InChI=1S/C10H18N2O/c1-10(2,3)6-4-8-13-9-5-7-11-12-9/h5,7H,4,6,8H2,1-3H3,(H,11,12). The topological polar surface area (TPSA) is 37.9 Å². The smallest absolute Gasteiger partial charge is 0.208 e. The minimum Gasteiger partial charge on any atom is -0.478 e. The molecule has 74 valence electrons. The molecule has 0 atom stereocenters. The van der Waals surface area contributed by atoms with E-state index >= 15 is 0 Å². The second-order valence-corrected chi connectivity index (χ2v) is 4.43. The van der Waals surface area contributed by atoms with E-state index in [2.05, 4.69) is 31.0 Å². The fourth-order valence-electron chi connectivity index (χ4n) is 1.11. The van der Waals surface area contributed by atoms with Crippen molar-refractivity contribution in [1.29, 1.82) is 0 Å². The van der Waals surface area contributed by atoms with Gasteiger partial charge in [0.25, 0.3) is 0 Å². The average molecular weight is 182 g/mol. The Bertz CT molecular complexity index is 224. The first kappa shape index (κ1) is 10.1. The van der Waals surface area contributed by atoms with Crippen LogP contribution in [0.15, 0.2) is 12.3 Å². The van der Waals surface area contributed by atoms with E-state index in [4.69, 9.17) is 4.74 Å². The van der Waals surface area contributed by atoms with Crippen LogP contribution in [0.1, 0.15) is 33.6 Å². The van der Waals surface area contributed by atoms with Gasteiger partial charge in [-0.25, -0.2) is 5.10 Å². The maximum Gasteiger partial charge on any atom is 0.208 e. The van der Waals surface area contributed by atoms with Crippen molar-refractivity contribution in [3.8, 4) is 5.88 Å². The molecule has 1 aromatic heterocycles. The second-order valence-electron chi connectivity index (χ2n) is 4.43. The first-order valence-corrected chi connectivity index (χ1v) is 4.70. The van der Waals surface area contributed by atoms with Crippen LogP contribution in [0.25, 0.3) is 0 Å². The highest BCUT2D eigenvalue weighted by Crippen LogP contribution is 2.20. The molecule has 0 radical (unpaired) electrons. The molecule has 0 aromatic carbocycles. The van der Waals surface area contributed by atoms with Gasteiger partial charge in [-0.2, -0.15) is 5.10 Å². The van der Waals surface area contributed by atoms with Gasteiger partial charge in [0.05, 0.1) is 12.8 Å². The van der Waals surface area contributed by atoms with Crippen molar-refractivity contribution in [3.63, 3.8) is 0 Å². The van der Waals surface area contributed by atoms with Crippen molar-refractivity contribution in [2.75, 3.05) is 6.61 Å². The SMILES string of the molecule is CC(C)(C)CCCOc1ccn[nH]1. The Kier molecular flexibility index (Phi) is 3.34. The minimum atomic E-state index is 0.400. The van der Waals surface area contributed by atoms with Crippen LogP contribution in [0.4, 0.5) is 0 Å². The van der Waals surface area contributed by atoms with Crippen LogP contribution in [-0.4, -0.2) is 16.8 Å². The molecule has 0 unspecified atom stereocenters. The van der Waals surface area contributed by atoms with Gasteiger partial charge in [0, 0.05) is 6.07 Å². The number of hydrogen-bond acceptors (Lipinski definition) is 2.